The first-order valence-corrected chi connectivity index (χ1v) is 7.31. The lowest BCUT2D eigenvalue weighted by molar-refractivity contribution is 0.401. The molecule has 1 aromatic heterocycles. The first kappa shape index (κ1) is 15.0. The second kappa shape index (κ2) is 6.88. The van der Waals surface area contributed by atoms with Crippen LogP contribution in [-0.4, -0.2) is 16.9 Å². The lowest BCUT2D eigenvalue weighted by atomic mass is 10.0. The van der Waals surface area contributed by atoms with Crippen LogP contribution in [-0.2, 0) is 6.54 Å². The predicted molar refractivity (Wildman–Crippen MR) is 82.4 cm³/mol. The minimum atomic E-state index is -0.160. The summed E-state index contributed by atoms with van der Waals surface area (Å²) in [7, 11) is 1.65. The molecule has 1 atom stereocenters. The maximum absolute atomic E-state index is 5.76. The lowest BCUT2D eigenvalue weighted by Gasteiger charge is -2.20. The number of aromatic nitrogens is 2. The SMILES string of the molecule is CCCn1nccc1C(NN)c1ccc(Br)cc1OC. The molecule has 1 unspecified atom stereocenters. The Morgan fingerprint density at radius 3 is 2.90 bits per heavy atom. The Hall–Kier alpha value is -1.37. The highest BCUT2D eigenvalue weighted by Gasteiger charge is 2.20. The summed E-state index contributed by atoms with van der Waals surface area (Å²) >= 11 is 3.45. The first-order chi connectivity index (χ1) is 9.71. The fourth-order valence-corrected chi connectivity index (χ4v) is 2.58. The second-order valence-corrected chi connectivity index (χ2v) is 5.38. The van der Waals surface area contributed by atoms with Gasteiger partial charge in [0.25, 0.3) is 0 Å². The van der Waals surface area contributed by atoms with Crippen molar-refractivity contribution in [2.24, 2.45) is 5.84 Å². The molecule has 1 aromatic carbocycles. The van der Waals surface area contributed by atoms with Gasteiger partial charge < -0.3 is 4.74 Å². The molecule has 0 amide bonds. The van der Waals surface area contributed by atoms with Gasteiger partial charge in [0.2, 0.25) is 0 Å². The molecule has 2 aromatic rings. The van der Waals surface area contributed by atoms with Crippen LogP contribution in [0.2, 0.25) is 0 Å². The average Bonchev–Trinajstić information content (AvgIpc) is 2.90. The van der Waals surface area contributed by atoms with Crippen LogP contribution in [0.5, 0.6) is 5.75 Å². The van der Waals surface area contributed by atoms with Gasteiger partial charge in [-0.3, -0.25) is 10.5 Å². The molecule has 2 rings (SSSR count). The van der Waals surface area contributed by atoms with Gasteiger partial charge in [-0.1, -0.05) is 28.9 Å². The van der Waals surface area contributed by atoms with Crippen molar-refractivity contribution >= 4 is 15.9 Å². The van der Waals surface area contributed by atoms with Crippen molar-refractivity contribution in [3.05, 3.63) is 46.2 Å². The van der Waals surface area contributed by atoms with Gasteiger partial charge in [0.15, 0.2) is 0 Å². The molecule has 0 aliphatic heterocycles. The van der Waals surface area contributed by atoms with E-state index in [1.807, 2.05) is 28.9 Å². The normalized spacial score (nSPS) is 12.4. The summed E-state index contributed by atoms with van der Waals surface area (Å²) in [5, 5.41) is 4.34. The number of halogens is 1. The molecule has 0 aliphatic carbocycles. The number of hydrogen-bond acceptors (Lipinski definition) is 4. The van der Waals surface area contributed by atoms with Crippen molar-refractivity contribution < 1.29 is 4.74 Å². The number of hydrazine groups is 1. The third-order valence-corrected chi connectivity index (χ3v) is 3.65. The van der Waals surface area contributed by atoms with Crippen LogP contribution in [0.1, 0.15) is 30.6 Å². The maximum Gasteiger partial charge on any atom is 0.125 e. The third kappa shape index (κ3) is 3.03. The Kier molecular flexibility index (Phi) is 5.17. The zero-order chi connectivity index (χ0) is 14.5. The van der Waals surface area contributed by atoms with Crippen molar-refractivity contribution in [1.29, 1.82) is 0 Å². The number of nitrogens with two attached hydrogens (primary N) is 1. The zero-order valence-corrected chi connectivity index (χ0v) is 13.2. The van der Waals surface area contributed by atoms with E-state index in [9.17, 15) is 0 Å². The maximum atomic E-state index is 5.76. The number of ether oxygens (including phenoxy) is 1. The summed E-state index contributed by atoms with van der Waals surface area (Å²) in [6, 6.07) is 7.72. The molecule has 0 spiro atoms. The van der Waals surface area contributed by atoms with Crippen molar-refractivity contribution in [3.63, 3.8) is 0 Å². The highest BCUT2D eigenvalue weighted by Crippen LogP contribution is 2.31. The second-order valence-electron chi connectivity index (χ2n) is 4.47. The largest absolute Gasteiger partial charge is 0.496 e. The van der Waals surface area contributed by atoms with Crippen LogP contribution in [0.15, 0.2) is 34.9 Å². The van der Waals surface area contributed by atoms with Gasteiger partial charge in [-0.05, 0) is 24.6 Å². The zero-order valence-electron chi connectivity index (χ0n) is 11.6. The van der Waals surface area contributed by atoms with E-state index in [0.717, 1.165) is 34.4 Å². The highest BCUT2D eigenvalue weighted by molar-refractivity contribution is 9.10. The minimum absolute atomic E-state index is 0.160. The van der Waals surface area contributed by atoms with Crippen molar-refractivity contribution in [2.75, 3.05) is 7.11 Å². The fraction of sp³-hybridized carbons (Fsp3) is 0.357. The number of nitrogens with one attached hydrogen (secondary N) is 1. The molecule has 0 aliphatic rings. The van der Waals surface area contributed by atoms with E-state index in [1.54, 1.807) is 13.3 Å². The van der Waals surface area contributed by atoms with Crippen LogP contribution in [0.4, 0.5) is 0 Å². The van der Waals surface area contributed by atoms with E-state index in [-0.39, 0.29) is 6.04 Å². The summed E-state index contributed by atoms with van der Waals surface area (Å²) in [6.07, 6.45) is 2.81. The van der Waals surface area contributed by atoms with Crippen molar-refractivity contribution in [2.45, 2.75) is 25.9 Å². The van der Waals surface area contributed by atoms with Crippen LogP contribution >= 0.6 is 15.9 Å². The van der Waals surface area contributed by atoms with Crippen molar-refractivity contribution in [3.8, 4) is 5.75 Å². The highest BCUT2D eigenvalue weighted by atomic mass is 79.9. The van der Waals surface area contributed by atoms with E-state index in [2.05, 4.69) is 33.4 Å². The summed E-state index contributed by atoms with van der Waals surface area (Å²) in [5.41, 5.74) is 4.86. The average molecular weight is 339 g/mol. The summed E-state index contributed by atoms with van der Waals surface area (Å²) in [6.45, 7) is 2.98. The Morgan fingerprint density at radius 2 is 2.25 bits per heavy atom. The molecule has 0 bridgehead atoms. The molecule has 0 radical (unpaired) electrons. The molecule has 1 heterocycles. The molecule has 6 heteroatoms. The Balaban J connectivity index is 2.44. The van der Waals surface area contributed by atoms with Crippen LogP contribution in [0.3, 0.4) is 0 Å². The number of methoxy groups -OCH3 is 1. The molecular weight excluding hydrogens is 320 g/mol. The summed E-state index contributed by atoms with van der Waals surface area (Å²) in [4.78, 5) is 0. The number of hydrogen-bond donors (Lipinski definition) is 2. The number of nitrogens with zero attached hydrogens (tertiary/aromatic N) is 2. The quantitative estimate of drug-likeness (QED) is 0.627. The first-order valence-electron chi connectivity index (χ1n) is 6.52. The van der Waals surface area contributed by atoms with Gasteiger partial charge in [0.1, 0.15) is 5.75 Å². The van der Waals surface area contributed by atoms with E-state index >= 15 is 0 Å². The van der Waals surface area contributed by atoms with Crippen LogP contribution in [0, 0.1) is 0 Å². The monoisotopic (exact) mass is 338 g/mol. The van der Waals surface area contributed by atoms with Crippen LogP contribution < -0.4 is 16.0 Å². The van der Waals surface area contributed by atoms with Gasteiger partial charge in [0.05, 0.1) is 18.8 Å². The van der Waals surface area contributed by atoms with Gasteiger partial charge in [-0.15, -0.1) is 0 Å². The number of aryl methyl sites for hydroxylation is 1. The molecule has 108 valence electrons. The Morgan fingerprint density at radius 1 is 1.45 bits per heavy atom. The van der Waals surface area contributed by atoms with E-state index in [1.165, 1.54) is 0 Å². The number of benzene rings is 1. The van der Waals surface area contributed by atoms with Crippen LogP contribution in [0.25, 0.3) is 0 Å². The third-order valence-electron chi connectivity index (χ3n) is 3.15. The molecule has 0 saturated heterocycles. The van der Waals surface area contributed by atoms with Gasteiger partial charge >= 0.3 is 0 Å². The standard InChI is InChI=1S/C14H19BrN4O/c1-3-8-19-12(6-7-17-19)14(18-16)11-5-4-10(15)9-13(11)20-2/h4-7,9,14,18H,3,8,16H2,1-2H3. The van der Waals surface area contributed by atoms with Gasteiger partial charge in [-0.2, -0.15) is 5.10 Å². The smallest absolute Gasteiger partial charge is 0.125 e. The molecule has 0 saturated carbocycles. The summed E-state index contributed by atoms with van der Waals surface area (Å²) in [5.74, 6) is 6.55. The van der Waals surface area contributed by atoms with E-state index < -0.39 is 0 Å². The summed E-state index contributed by atoms with van der Waals surface area (Å²) < 4.78 is 8.38. The Labute approximate surface area is 127 Å². The topological polar surface area (TPSA) is 65.1 Å². The molecular formula is C14H19BrN4O. The fourth-order valence-electron chi connectivity index (χ4n) is 2.24. The molecule has 5 nitrogen and oxygen atoms in total. The van der Waals surface area contributed by atoms with Gasteiger partial charge in [-0.25, -0.2) is 5.43 Å². The van der Waals surface area contributed by atoms with Crippen molar-refractivity contribution in [1.82, 2.24) is 15.2 Å². The lowest BCUT2D eigenvalue weighted by Crippen LogP contribution is -2.31. The van der Waals surface area contributed by atoms with E-state index in [4.69, 9.17) is 10.6 Å². The number of rotatable bonds is 6. The Bertz CT molecular complexity index is 570. The minimum Gasteiger partial charge on any atom is -0.496 e. The molecule has 0 fully saturated rings. The molecule has 3 N–H and O–H groups in total. The van der Waals surface area contributed by atoms with Gasteiger partial charge in [0, 0.05) is 22.8 Å². The van der Waals surface area contributed by atoms with E-state index in [0.29, 0.717) is 0 Å². The molecule has 20 heavy (non-hydrogen) atoms. The predicted octanol–water partition coefficient (Wildman–Crippen LogP) is 2.62.